The van der Waals surface area contributed by atoms with E-state index in [1.54, 1.807) is 28.7 Å². The minimum absolute atomic E-state index is 0.0337. The van der Waals surface area contributed by atoms with Crippen LogP contribution in [0.25, 0.3) is 0 Å². The van der Waals surface area contributed by atoms with Crippen LogP contribution in [0.15, 0.2) is 18.6 Å². The van der Waals surface area contributed by atoms with Crippen molar-refractivity contribution in [1.29, 1.82) is 0 Å². The van der Waals surface area contributed by atoms with Gasteiger partial charge in [0.1, 0.15) is 17.8 Å². The van der Waals surface area contributed by atoms with Crippen LogP contribution in [-0.2, 0) is 20.0 Å². The Morgan fingerprint density at radius 3 is 2.83 bits per heavy atom. The molecule has 0 aliphatic rings. The highest BCUT2D eigenvalue weighted by Gasteiger charge is 2.14. The van der Waals surface area contributed by atoms with Crippen molar-refractivity contribution < 1.29 is 4.79 Å². The van der Waals surface area contributed by atoms with Crippen LogP contribution in [0.5, 0.6) is 0 Å². The molecule has 0 amide bonds. The molecular formula is C12H17N5O. The fourth-order valence-corrected chi connectivity index (χ4v) is 1.72. The Bertz CT molecular complexity index is 540. The van der Waals surface area contributed by atoms with Crippen LogP contribution in [0.2, 0.25) is 0 Å². The average Bonchev–Trinajstić information content (AvgIpc) is 2.88. The molecule has 0 unspecified atom stereocenters. The number of hydrogen-bond donors (Lipinski definition) is 0. The van der Waals surface area contributed by atoms with Gasteiger partial charge in [0, 0.05) is 19.8 Å². The maximum absolute atomic E-state index is 12.0. The molecule has 0 fully saturated rings. The number of rotatable bonds is 5. The Hall–Kier alpha value is -1.98. The largest absolute Gasteiger partial charge is 0.292 e. The third-order valence-corrected chi connectivity index (χ3v) is 2.55. The lowest BCUT2D eigenvalue weighted by Crippen LogP contribution is -2.14. The quantitative estimate of drug-likeness (QED) is 0.742. The third kappa shape index (κ3) is 2.82. The van der Waals surface area contributed by atoms with Crippen LogP contribution in [0.3, 0.4) is 0 Å². The predicted octanol–water partition coefficient (Wildman–Crippen LogP) is 1.09. The topological polar surface area (TPSA) is 65.6 Å². The Balaban J connectivity index is 2.10. The molecule has 0 N–H and O–H groups in total. The monoisotopic (exact) mass is 247 g/mol. The zero-order valence-corrected chi connectivity index (χ0v) is 10.9. The molecule has 18 heavy (non-hydrogen) atoms. The molecule has 2 aromatic rings. The van der Waals surface area contributed by atoms with Gasteiger partial charge in [0.25, 0.3) is 0 Å². The standard InChI is InChI=1S/C12H17N5O/c1-9(2)7-17-12(13-8-14-17)6-11(18)10-4-5-16(3)15-10/h4-5,8-9H,6-7H2,1-3H3. The molecule has 2 rings (SSSR count). The number of Topliss-reactive ketones (excluding diaryl/α,β-unsaturated/α-hetero) is 1. The van der Waals surface area contributed by atoms with Gasteiger partial charge in [-0.2, -0.15) is 10.2 Å². The third-order valence-electron chi connectivity index (χ3n) is 2.55. The van der Waals surface area contributed by atoms with Crippen molar-refractivity contribution in [3.63, 3.8) is 0 Å². The number of carbonyl (C=O) groups is 1. The minimum atomic E-state index is -0.0337. The number of nitrogens with zero attached hydrogens (tertiary/aromatic N) is 5. The van der Waals surface area contributed by atoms with Gasteiger partial charge in [-0.1, -0.05) is 13.8 Å². The molecule has 0 saturated carbocycles. The van der Waals surface area contributed by atoms with E-state index in [0.717, 1.165) is 6.54 Å². The molecule has 2 heterocycles. The van der Waals surface area contributed by atoms with E-state index >= 15 is 0 Å². The Morgan fingerprint density at radius 1 is 1.44 bits per heavy atom. The number of aromatic nitrogens is 5. The summed E-state index contributed by atoms with van der Waals surface area (Å²) in [5, 5.41) is 8.23. The molecule has 2 aromatic heterocycles. The van der Waals surface area contributed by atoms with Crippen LogP contribution in [0.4, 0.5) is 0 Å². The molecular weight excluding hydrogens is 230 g/mol. The molecule has 0 aliphatic carbocycles. The van der Waals surface area contributed by atoms with E-state index < -0.39 is 0 Å². The maximum atomic E-state index is 12.0. The second-order valence-corrected chi connectivity index (χ2v) is 4.73. The predicted molar refractivity (Wildman–Crippen MR) is 66.1 cm³/mol. The Morgan fingerprint density at radius 2 is 2.22 bits per heavy atom. The van der Waals surface area contributed by atoms with Gasteiger partial charge < -0.3 is 0 Å². The number of ketones is 1. The molecule has 0 radical (unpaired) electrons. The minimum Gasteiger partial charge on any atom is -0.292 e. The van der Waals surface area contributed by atoms with Gasteiger partial charge in [-0.25, -0.2) is 9.67 Å². The average molecular weight is 247 g/mol. The molecule has 0 aromatic carbocycles. The molecule has 6 nitrogen and oxygen atoms in total. The van der Waals surface area contributed by atoms with Crippen molar-refractivity contribution in [2.24, 2.45) is 13.0 Å². The second kappa shape index (κ2) is 5.12. The van der Waals surface area contributed by atoms with E-state index in [4.69, 9.17) is 0 Å². The zero-order chi connectivity index (χ0) is 13.1. The van der Waals surface area contributed by atoms with Crippen LogP contribution in [0.1, 0.15) is 30.2 Å². The number of hydrogen-bond acceptors (Lipinski definition) is 4. The lowest BCUT2D eigenvalue weighted by atomic mass is 10.2. The molecule has 0 saturated heterocycles. The van der Waals surface area contributed by atoms with Crippen molar-refractivity contribution in [3.05, 3.63) is 30.1 Å². The summed E-state index contributed by atoms with van der Waals surface area (Å²) in [4.78, 5) is 16.1. The van der Waals surface area contributed by atoms with Crippen LogP contribution in [-0.4, -0.2) is 30.3 Å². The summed E-state index contributed by atoms with van der Waals surface area (Å²) in [6, 6.07) is 1.71. The van der Waals surface area contributed by atoms with Crippen molar-refractivity contribution >= 4 is 5.78 Å². The van der Waals surface area contributed by atoms with E-state index in [0.29, 0.717) is 17.4 Å². The summed E-state index contributed by atoms with van der Waals surface area (Å²) < 4.78 is 3.40. The van der Waals surface area contributed by atoms with Crippen molar-refractivity contribution in [1.82, 2.24) is 24.5 Å². The first-order chi connectivity index (χ1) is 8.56. The highest BCUT2D eigenvalue weighted by atomic mass is 16.1. The fraction of sp³-hybridized carbons (Fsp3) is 0.500. The summed E-state index contributed by atoms with van der Waals surface area (Å²) in [6.45, 7) is 4.98. The second-order valence-electron chi connectivity index (χ2n) is 4.73. The van der Waals surface area contributed by atoms with Gasteiger partial charge in [0.05, 0.1) is 6.42 Å². The van der Waals surface area contributed by atoms with Crippen molar-refractivity contribution in [2.75, 3.05) is 0 Å². The maximum Gasteiger partial charge on any atom is 0.190 e. The van der Waals surface area contributed by atoms with Gasteiger partial charge in [-0.05, 0) is 12.0 Å². The summed E-state index contributed by atoms with van der Waals surface area (Å²) in [5.74, 6) is 1.13. The van der Waals surface area contributed by atoms with Crippen LogP contribution < -0.4 is 0 Å². The van der Waals surface area contributed by atoms with Crippen molar-refractivity contribution in [2.45, 2.75) is 26.8 Å². The van der Waals surface area contributed by atoms with Gasteiger partial charge in [-0.15, -0.1) is 0 Å². The van der Waals surface area contributed by atoms with E-state index in [1.807, 2.05) is 0 Å². The fourth-order valence-electron chi connectivity index (χ4n) is 1.72. The SMILES string of the molecule is CC(C)Cn1ncnc1CC(=O)c1ccn(C)n1. The normalized spacial score (nSPS) is 11.1. The number of aryl methyl sites for hydroxylation is 1. The van der Waals surface area contributed by atoms with Gasteiger partial charge >= 0.3 is 0 Å². The van der Waals surface area contributed by atoms with Crippen molar-refractivity contribution in [3.8, 4) is 0 Å². The Kier molecular flexibility index (Phi) is 3.55. The smallest absolute Gasteiger partial charge is 0.190 e. The van der Waals surface area contributed by atoms with E-state index in [-0.39, 0.29) is 12.2 Å². The highest BCUT2D eigenvalue weighted by Crippen LogP contribution is 2.05. The molecule has 96 valence electrons. The lowest BCUT2D eigenvalue weighted by Gasteiger charge is -2.07. The first-order valence-corrected chi connectivity index (χ1v) is 5.96. The van der Waals surface area contributed by atoms with Gasteiger partial charge in [0.15, 0.2) is 5.78 Å². The van der Waals surface area contributed by atoms with E-state index in [1.165, 1.54) is 6.33 Å². The summed E-state index contributed by atoms with van der Waals surface area (Å²) >= 11 is 0. The van der Waals surface area contributed by atoms with Crippen LogP contribution >= 0.6 is 0 Å². The summed E-state index contributed by atoms with van der Waals surface area (Å²) in [7, 11) is 1.79. The van der Waals surface area contributed by atoms with E-state index in [9.17, 15) is 4.79 Å². The Labute approximate surface area is 106 Å². The molecule has 6 heteroatoms. The molecule has 0 spiro atoms. The highest BCUT2D eigenvalue weighted by molar-refractivity contribution is 5.95. The van der Waals surface area contributed by atoms with E-state index in [2.05, 4.69) is 29.0 Å². The van der Waals surface area contributed by atoms with Gasteiger partial charge in [-0.3, -0.25) is 9.48 Å². The molecule has 0 atom stereocenters. The molecule has 0 bridgehead atoms. The lowest BCUT2D eigenvalue weighted by molar-refractivity contribution is 0.0983. The van der Waals surface area contributed by atoms with Gasteiger partial charge in [0.2, 0.25) is 0 Å². The first-order valence-electron chi connectivity index (χ1n) is 5.96. The summed E-state index contributed by atoms with van der Waals surface area (Å²) in [6.07, 6.45) is 3.49. The summed E-state index contributed by atoms with van der Waals surface area (Å²) in [5.41, 5.74) is 0.469. The number of carbonyl (C=O) groups excluding carboxylic acids is 1. The molecule has 0 aliphatic heterocycles. The first kappa shape index (κ1) is 12.5. The van der Waals surface area contributed by atoms with Crippen LogP contribution in [0, 0.1) is 5.92 Å². The zero-order valence-electron chi connectivity index (χ0n) is 10.9.